The molecule has 7 rings (SSSR count). The summed E-state index contributed by atoms with van der Waals surface area (Å²) < 4.78 is 53.2. The van der Waals surface area contributed by atoms with Crippen LogP contribution < -0.4 is 25.2 Å². The van der Waals surface area contributed by atoms with Crippen LogP contribution in [0.3, 0.4) is 0 Å². The van der Waals surface area contributed by atoms with Gasteiger partial charge in [-0.25, -0.2) is 4.98 Å². The van der Waals surface area contributed by atoms with E-state index in [1.807, 2.05) is 95.3 Å². The lowest BCUT2D eigenvalue weighted by atomic mass is 9.85. The zero-order valence-electron chi connectivity index (χ0n) is 41.6. The molecule has 19 heteroatoms. The molecule has 0 bridgehead atoms. The van der Waals surface area contributed by atoms with Crippen molar-refractivity contribution < 1.29 is 46.9 Å². The van der Waals surface area contributed by atoms with Gasteiger partial charge in [-0.2, -0.15) is 18.4 Å². The van der Waals surface area contributed by atoms with Crippen LogP contribution in [-0.2, 0) is 36.6 Å². The van der Waals surface area contributed by atoms with Gasteiger partial charge in [0.25, 0.3) is 5.91 Å². The smallest absolute Gasteiger partial charge is 0.417 e. The molecule has 4 atom stereocenters. The van der Waals surface area contributed by atoms with Crippen molar-refractivity contribution in [3.05, 3.63) is 119 Å². The van der Waals surface area contributed by atoms with Crippen LogP contribution in [0.1, 0.15) is 83.2 Å². The van der Waals surface area contributed by atoms with Crippen molar-refractivity contribution in [2.24, 2.45) is 5.41 Å². The Morgan fingerprint density at radius 3 is 2.21 bits per heavy atom. The Morgan fingerprint density at radius 1 is 0.973 bits per heavy atom. The molecule has 14 nitrogen and oxygen atoms in total. The second kappa shape index (κ2) is 22.2. The Hall–Kier alpha value is -6.72. The third kappa shape index (κ3) is 12.4. The number of carbonyl (C=O) groups is 4. The molecule has 5 aromatic rings. The van der Waals surface area contributed by atoms with Crippen LogP contribution in [0.15, 0.2) is 96.5 Å². The molecule has 2 fully saturated rings. The van der Waals surface area contributed by atoms with Gasteiger partial charge in [0, 0.05) is 25.2 Å². The number of thiazole rings is 1. The van der Waals surface area contributed by atoms with Gasteiger partial charge in [0.2, 0.25) is 17.7 Å². The number of aryl methyl sites for hydroxylation is 1. The van der Waals surface area contributed by atoms with Crippen LogP contribution >= 0.6 is 23.6 Å². The van der Waals surface area contributed by atoms with E-state index in [1.54, 1.807) is 53.8 Å². The molecule has 0 radical (unpaired) electrons. The van der Waals surface area contributed by atoms with E-state index in [0.717, 1.165) is 49.9 Å². The summed E-state index contributed by atoms with van der Waals surface area (Å²) in [6.45, 7) is 12.8. The molecular formula is C54H58F3N7O7S2. The summed E-state index contributed by atoms with van der Waals surface area (Å²) in [6, 6.07) is 25.3. The van der Waals surface area contributed by atoms with Crippen molar-refractivity contribution in [2.75, 3.05) is 29.6 Å². The van der Waals surface area contributed by atoms with Crippen molar-refractivity contribution in [3.8, 4) is 33.4 Å². The molecule has 384 valence electrons. The molecule has 1 aromatic heterocycles. The van der Waals surface area contributed by atoms with Gasteiger partial charge in [0.1, 0.15) is 30.0 Å². The molecule has 73 heavy (non-hydrogen) atoms. The molecule has 0 aliphatic carbocycles. The van der Waals surface area contributed by atoms with E-state index in [2.05, 4.69) is 15.6 Å². The molecule has 3 N–H and O–H groups in total. The number of hydrogen-bond acceptors (Lipinski definition) is 11. The van der Waals surface area contributed by atoms with Gasteiger partial charge in [-0.05, 0) is 123 Å². The Bertz CT molecular complexity index is 2880. The molecular weight excluding hydrogens is 980 g/mol. The van der Waals surface area contributed by atoms with Crippen molar-refractivity contribution >= 4 is 63.7 Å². The van der Waals surface area contributed by atoms with Crippen molar-refractivity contribution in [2.45, 2.75) is 110 Å². The molecule has 4 amide bonds. The quantitative estimate of drug-likeness (QED) is 0.0599. The lowest BCUT2D eigenvalue weighted by Crippen LogP contribution is -2.58. The highest BCUT2D eigenvalue weighted by Gasteiger charge is 2.51. The topological polar surface area (TPSA) is 177 Å². The monoisotopic (exact) mass is 1040 g/mol. The zero-order chi connectivity index (χ0) is 53.0. The summed E-state index contributed by atoms with van der Waals surface area (Å²) >= 11 is 7.24. The number of hydrogen-bond donors (Lipinski definition) is 3. The summed E-state index contributed by atoms with van der Waals surface area (Å²) in [5, 5.41) is 25.6. The maximum Gasteiger partial charge on any atom is 0.417 e. The first-order valence-electron chi connectivity index (χ1n) is 23.8. The van der Waals surface area contributed by atoms with Gasteiger partial charge in [-0.15, -0.1) is 11.3 Å². The van der Waals surface area contributed by atoms with Crippen LogP contribution in [0.25, 0.3) is 21.6 Å². The van der Waals surface area contributed by atoms with E-state index in [1.165, 1.54) is 11.0 Å². The number of amides is 4. The van der Waals surface area contributed by atoms with Gasteiger partial charge in [-0.3, -0.25) is 24.1 Å². The first kappa shape index (κ1) is 54.1. The number of nitrogens with zero attached hydrogens (tertiary/aromatic N) is 5. The lowest BCUT2D eigenvalue weighted by molar-refractivity contribution is -0.145. The maximum absolute atomic E-state index is 14.1. The van der Waals surface area contributed by atoms with Crippen LogP contribution in [0.2, 0.25) is 0 Å². The van der Waals surface area contributed by atoms with Gasteiger partial charge in [0.05, 0.1) is 57.8 Å². The fourth-order valence-electron chi connectivity index (χ4n) is 8.85. The molecule has 0 saturated carbocycles. The van der Waals surface area contributed by atoms with Crippen molar-refractivity contribution in [1.82, 2.24) is 20.5 Å². The lowest BCUT2D eigenvalue weighted by Gasteiger charge is -2.35. The number of thiocarbonyl (C=S) groups is 1. The van der Waals surface area contributed by atoms with E-state index >= 15 is 0 Å². The molecule has 2 aliphatic rings. The molecule has 2 aliphatic heterocycles. The number of aromatic nitrogens is 1. The molecule has 4 aromatic carbocycles. The summed E-state index contributed by atoms with van der Waals surface area (Å²) in [5.74, 6) is -1.21. The second-order valence-corrected chi connectivity index (χ2v) is 21.0. The molecule has 2 saturated heterocycles. The minimum absolute atomic E-state index is 0.00240. The fraction of sp³-hybridized carbons (Fsp3) is 0.389. The highest BCUT2D eigenvalue weighted by atomic mass is 32.1. The van der Waals surface area contributed by atoms with Crippen LogP contribution in [0.4, 0.5) is 24.5 Å². The number of likely N-dealkylation sites (tertiary alicyclic amines) is 1. The SMILES string of the molecule is Cc1ncsc1-c1ccc(CNC(=O)[C@@H]2C[C@@H](O)CN2C(=O)[C@@H](NC(=O)CO[C@@H](C)CCCOc2ccc(-c3ccc(N4C(=S)N(c5ccc(C#N)c(C(F)(F)F)c5)C(=O)C4(C)C)cc3)cc2)C(C)(C)C)cc1. The Morgan fingerprint density at radius 2 is 1.60 bits per heavy atom. The average Bonchev–Trinajstić information content (AvgIpc) is 4.02. The maximum atomic E-state index is 14.1. The third-order valence-corrected chi connectivity index (χ3v) is 14.2. The number of halogens is 3. The normalized spacial score (nSPS) is 17.6. The number of benzene rings is 4. The summed E-state index contributed by atoms with van der Waals surface area (Å²) in [6.07, 6.45) is -4.73. The standard InChI is InChI=1S/C54H58F3N7O7S2/c1-32(71-30-45(66)61-47(52(3,4)5)49(68)62-29-41(65)26-44(62)48(67)59-28-34-10-12-37(13-11-34)46-33(2)60-31-73-46)9-8-24-70-42-22-17-36(18-23-42)35-14-19-39(20-15-35)64-51(72)63(50(69)53(64,6)7)40-21-16-38(27-58)43(25-40)54(55,56)57/h10-23,25,31-32,41,44,47,65H,8-9,24,26,28-30H2,1-7H3,(H,59,67)(H,61,66)/t32-,41+,44-,47+/m0/s1. The van der Waals surface area contributed by atoms with Crippen molar-refractivity contribution in [3.63, 3.8) is 0 Å². The highest BCUT2D eigenvalue weighted by molar-refractivity contribution is 7.81. The predicted octanol–water partition coefficient (Wildman–Crippen LogP) is 8.97. The second-order valence-electron chi connectivity index (χ2n) is 19.8. The Balaban J connectivity index is 0.855. The largest absolute Gasteiger partial charge is 0.494 e. The first-order valence-corrected chi connectivity index (χ1v) is 25.1. The Kier molecular flexibility index (Phi) is 16.4. The van der Waals surface area contributed by atoms with E-state index in [9.17, 15) is 42.7 Å². The number of aliphatic hydroxyl groups excluding tert-OH is 1. The van der Waals surface area contributed by atoms with E-state index < -0.39 is 64.2 Å². The van der Waals surface area contributed by atoms with Crippen LogP contribution in [-0.4, -0.2) is 93.3 Å². The number of rotatable bonds is 17. The molecule has 0 spiro atoms. The predicted molar refractivity (Wildman–Crippen MR) is 276 cm³/mol. The highest BCUT2D eigenvalue weighted by Crippen LogP contribution is 2.40. The summed E-state index contributed by atoms with van der Waals surface area (Å²) in [4.78, 5) is 63.8. The van der Waals surface area contributed by atoms with Crippen LogP contribution in [0.5, 0.6) is 5.75 Å². The van der Waals surface area contributed by atoms with E-state index in [-0.39, 0.29) is 48.9 Å². The van der Waals surface area contributed by atoms with Gasteiger partial charge >= 0.3 is 6.18 Å². The molecule has 3 heterocycles. The number of carbonyl (C=O) groups excluding carboxylic acids is 4. The van der Waals surface area contributed by atoms with Crippen LogP contribution in [0, 0.1) is 23.7 Å². The fourth-order valence-corrected chi connectivity index (χ4v) is 10.2. The molecule has 0 unspecified atom stereocenters. The average molecular weight is 1040 g/mol. The number of aliphatic hydroxyl groups is 1. The number of alkyl halides is 3. The summed E-state index contributed by atoms with van der Waals surface area (Å²) in [5.41, 5.74) is 3.21. The number of ether oxygens (including phenoxy) is 2. The van der Waals surface area contributed by atoms with Gasteiger partial charge < -0.3 is 35.0 Å². The number of nitrogens with one attached hydrogen (secondary N) is 2. The van der Waals surface area contributed by atoms with E-state index in [4.69, 9.17) is 21.7 Å². The summed E-state index contributed by atoms with van der Waals surface area (Å²) in [7, 11) is 0. The first-order chi connectivity index (χ1) is 34.5. The van der Waals surface area contributed by atoms with Gasteiger partial charge in [0.15, 0.2) is 5.11 Å². The van der Waals surface area contributed by atoms with Gasteiger partial charge in [-0.1, -0.05) is 69.3 Å². The Labute approximate surface area is 432 Å². The van der Waals surface area contributed by atoms with Crippen molar-refractivity contribution in [1.29, 1.82) is 5.26 Å². The zero-order valence-corrected chi connectivity index (χ0v) is 43.2. The number of β-amino-alcohol motifs (C(OH)–C–C–N with tert-alkyl or cyclic N) is 1. The van der Waals surface area contributed by atoms with E-state index in [0.29, 0.717) is 30.9 Å². The minimum atomic E-state index is -4.81. The number of anilines is 2. The number of nitriles is 1. The minimum Gasteiger partial charge on any atom is -0.494 e. The third-order valence-electron chi connectivity index (χ3n) is 12.9.